The zero-order valence-electron chi connectivity index (χ0n) is 17.5. The number of anilines is 1. The lowest BCUT2D eigenvalue weighted by Gasteiger charge is -2.36. The van der Waals surface area contributed by atoms with Crippen molar-refractivity contribution in [3.63, 3.8) is 0 Å². The summed E-state index contributed by atoms with van der Waals surface area (Å²) in [6.45, 7) is 6.05. The van der Waals surface area contributed by atoms with Crippen molar-refractivity contribution in [3.05, 3.63) is 53.6 Å². The van der Waals surface area contributed by atoms with Crippen molar-refractivity contribution in [2.24, 2.45) is 7.05 Å². The number of Topliss-reactive ketones (excluding diaryl/α,β-unsaturated/α-hetero) is 1. The molecule has 0 atom stereocenters. The number of benzene rings is 1. The minimum Gasteiger partial charge on any atom is -0.369 e. The molecule has 7 heteroatoms. The summed E-state index contributed by atoms with van der Waals surface area (Å²) in [5.41, 5.74) is 2.16. The van der Waals surface area contributed by atoms with Gasteiger partial charge in [0, 0.05) is 70.2 Å². The molecule has 0 aliphatic carbocycles. The number of amides is 1. The number of unbranched alkanes of at least 4 members (excludes halogenated alkanes) is 1. The first-order chi connectivity index (χ1) is 14.5. The third-order valence-corrected chi connectivity index (χ3v) is 6.19. The molecule has 4 rings (SSSR count). The van der Waals surface area contributed by atoms with Crippen molar-refractivity contribution in [2.45, 2.75) is 19.3 Å². The normalized spacial score (nSPS) is 17.9. The fourth-order valence-corrected chi connectivity index (χ4v) is 4.38. The van der Waals surface area contributed by atoms with E-state index in [0.717, 1.165) is 51.3 Å². The maximum Gasteiger partial charge on any atom is 0.271 e. The number of ketones is 1. The van der Waals surface area contributed by atoms with Crippen molar-refractivity contribution < 1.29 is 14.0 Å². The largest absolute Gasteiger partial charge is 0.369 e. The van der Waals surface area contributed by atoms with Gasteiger partial charge in [0.1, 0.15) is 11.5 Å². The average molecular weight is 413 g/mol. The Kier molecular flexibility index (Phi) is 6.18. The molecule has 1 amide bonds. The number of nitrogens with zero attached hydrogens (tertiary/aromatic N) is 4. The van der Waals surface area contributed by atoms with E-state index >= 15 is 0 Å². The van der Waals surface area contributed by atoms with Crippen LogP contribution in [0.3, 0.4) is 0 Å². The number of hydrogen-bond acceptors (Lipinski definition) is 4. The van der Waals surface area contributed by atoms with Crippen LogP contribution in [0.4, 0.5) is 10.1 Å². The average Bonchev–Trinajstić information content (AvgIpc) is 3.09. The van der Waals surface area contributed by atoms with Gasteiger partial charge in [0.15, 0.2) is 5.78 Å². The molecule has 0 spiro atoms. The molecule has 1 saturated heterocycles. The highest BCUT2D eigenvalue weighted by atomic mass is 19.1. The second-order valence-corrected chi connectivity index (χ2v) is 8.17. The molecular formula is C23H29FN4O2. The minimum absolute atomic E-state index is 0.0312. The molecule has 30 heavy (non-hydrogen) atoms. The topological polar surface area (TPSA) is 48.8 Å². The molecule has 2 aromatic rings. The number of aromatic nitrogens is 1. The van der Waals surface area contributed by atoms with Crippen LogP contribution < -0.4 is 4.90 Å². The maximum atomic E-state index is 13.1. The van der Waals surface area contributed by atoms with E-state index in [-0.39, 0.29) is 17.5 Å². The van der Waals surface area contributed by atoms with E-state index in [4.69, 9.17) is 0 Å². The lowest BCUT2D eigenvalue weighted by Crippen LogP contribution is -2.46. The molecule has 2 aliphatic heterocycles. The zero-order valence-corrected chi connectivity index (χ0v) is 17.5. The Hall–Kier alpha value is -2.67. The predicted molar refractivity (Wildman–Crippen MR) is 115 cm³/mol. The van der Waals surface area contributed by atoms with Crippen molar-refractivity contribution in [2.75, 3.05) is 50.7 Å². The van der Waals surface area contributed by atoms with E-state index in [1.807, 2.05) is 24.1 Å². The van der Waals surface area contributed by atoms with Crippen LogP contribution in [0.25, 0.3) is 0 Å². The Bertz CT molecular complexity index is 900. The van der Waals surface area contributed by atoms with Gasteiger partial charge in [-0.05, 0) is 49.7 Å². The monoisotopic (exact) mass is 412 g/mol. The molecule has 0 unspecified atom stereocenters. The Morgan fingerprint density at radius 1 is 0.900 bits per heavy atom. The Balaban J connectivity index is 1.21. The van der Waals surface area contributed by atoms with Crippen LogP contribution in [-0.4, -0.2) is 71.9 Å². The number of piperazine rings is 1. The summed E-state index contributed by atoms with van der Waals surface area (Å²) < 4.78 is 14.9. The molecule has 6 nitrogen and oxygen atoms in total. The van der Waals surface area contributed by atoms with Gasteiger partial charge >= 0.3 is 0 Å². The van der Waals surface area contributed by atoms with Gasteiger partial charge in [0.05, 0.1) is 0 Å². The van der Waals surface area contributed by atoms with Crippen LogP contribution in [0, 0.1) is 5.82 Å². The number of hydrogen-bond donors (Lipinski definition) is 0. The third-order valence-electron chi connectivity index (χ3n) is 6.19. The van der Waals surface area contributed by atoms with Crippen molar-refractivity contribution in [3.8, 4) is 0 Å². The molecule has 1 aromatic carbocycles. The van der Waals surface area contributed by atoms with Crippen LogP contribution in [0.5, 0.6) is 0 Å². The first-order valence-electron chi connectivity index (χ1n) is 10.7. The van der Waals surface area contributed by atoms with E-state index in [9.17, 15) is 14.0 Å². The third kappa shape index (κ3) is 4.41. The summed E-state index contributed by atoms with van der Waals surface area (Å²) in [5, 5.41) is 0. The predicted octanol–water partition coefficient (Wildman–Crippen LogP) is 2.80. The van der Waals surface area contributed by atoms with E-state index in [2.05, 4.69) is 9.80 Å². The maximum absolute atomic E-state index is 13.1. The highest BCUT2D eigenvalue weighted by molar-refractivity contribution is 6.08. The number of fused-ring (bicyclic) bond motifs is 1. The van der Waals surface area contributed by atoms with Gasteiger partial charge in [-0.3, -0.25) is 14.5 Å². The fraction of sp³-hybridized carbons (Fsp3) is 0.478. The molecule has 0 radical (unpaired) electrons. The van der Waals surface area contributed by atoms with Gasteiger partial charge in [-0.2, -0.15) is 0 Å². The fourth-order valence-electron chi connectivity index (χ4n) is 4.38. The molecule has 1 fully saturated rings. The standard InChI is InChI=1S/C23H29FN4O2/c1-25-12-8-20-21(29)9-13-28(23(30)22(20)25)11-3-2-10-26-14-16-27(17-15-26)19-6-4-18(24)5-7-19/h4-8,12H,2-3,9-11,13-17H2,1H3. The second kappa shape index (κ2) is 9.00. The summed E-state index contributed by atoms with van der Waals surface area (Å²) in [7, 11) is 1.82. The molecule has 160 valence electrons. The van der Waals surface area contributed by atoms with E-state index in [1.165, 1.54) is 12.1 Å². The SMILES string of the molecule is Cn1ccc2c1C(=O)N(CCCCN1CCN(c3ccc(F)cc3)CC1)CCC2=O. The number of aryl methyl sites for hydroxylation is 1. The molecule has 1 aromatic heterocycles. The Morgan fingerprint density at radius 3 is 2.33 bits per heavy atom. The van der Waals surface area contributed by atoms with E-state index < -0.39 is 0 Å². The summed E-state index contributed by atoms with van der Waals surface area (Å²) in [6, 6.07) is 8.46. The van der Waals surface area contributed by atoms with Crippen LogP contribution in [0.2, 0.25) is 0 Å². The molecule has 0 bridgehead atoms. The first-order valence-corrected chi connectivity index (χ1v) is 10.7. The summed E-state index contributed by atoms with van der Waals surface area (Å²) in [4.78, 5) is 31.7. The summed E-state index contributed by atoms with van der Waals surface area (Å²) >= 11 is 0. The lowest BCUT2D eigenvalue weighted by molar-refractivity contribution is 0.0745. The molecule has 0 N–H and O–H groups in total. The van der Waals surface area contributed by atoms with Crippen molar-refractivity contribution >= 4 is 17.4 Å². The van der Waals surface area contributed by atoms with Gasteiger partial charge < -0.3 is 14.4 Å². The van der Waals surface area contributed by atoms with Crippen LogP contribution in [0.15, 0.2) is 36.5 Å². The number of carbonyl (C=O) groups is 2. The summed E-state index contributed by atoms with van der Waals surface area (Å²) in [6.07, 6.45) is 4.13. The number of carbonyl (C=O) groups excluding carboxylic acids is 2. The Morgan fingerprint density at radius 2 is 1.60 bits per heavy atom. The van der Waals surface area contributed by atoms with Crippen molar-refractivity contribution in [1.29, 1.82) is 0 Å². The van der Waals surface area contributed by atoms with Gasteiger partial charge in [-0.25, -0.2) is 4.39 Å². The van der Waals surface area contributed by atoms with Crippen LogP contribution >= 0.6 is 0 Å². The number of halogens is 1. The van der Waals surface area contributed by atoms with Gasteiger partial charge in [0.2, 0.25) is 0 Å². The van der Waals surface area contributed by atoms with E-state index in [0.29, 0.717) is 30.8 Å². The smallest absolute Gasteiger partial charge is 0.271 e. The van der Waals surface area contributed by atoms with Crippen LogP contribution in [-0.2, 0) is 7.05 Å². The lowest BCUT2D eigenvalue weighted by atomic mass is 10.1. The van der Waals surface area contributed by atoms with Crippen LogP contribution in [0.1, 0.15) is 40.1 Å². The molecule has 2 aliphatic rings. The summed E-state index contributed by atoms with van der Waals surface area (Å²) in [5.74, 6) is -0.176. The Labute approximate surface area is 176 Å². The molecule has 0 saturated carbocycles. The minimum atomic E-state index is -0.201. The van der Waals surface area contributed by atoms with Gasteiger partial charge in [-0.1, -0.05) is 0 Å². The highest BCUT2D eigenvalue weighted by Gasteiger charge is 2.29. The van der Waals surface area contributed by atoms with Crippen molar-refractivity contribution in [1.82, 2.24) is 14.4 Å². The quantitative estimate of drug-likeness (QED) is 0.685. The van der Waals surface area contributed by atoms with Gasteiger partial charge in [-0.15, -0.1) is 0 Å². The zero-order chi connectivity index (χ0) is 21.1. The molecule has 3 heterocycles. The first kappa shape index (κ1) is 20.6. The number of rotatable bonds is 6. The van der Waals surface area contributed by atoms with E-state index in [1.54, 1.807) is 16.8 Å². The highest BCUT2D eigenvalue weighted by Crippen LogP contribution is 2.20. The molecular weight excluding hydrogens is 383 g/mol. The van der Waals surface area contributed by atoms with Gasteiger partial charge in [0.25, 0.3) is 5.91 Å². The second-order valence-electron chi connectivity index (χ2n) is 8.17.